The summed E-state index contributed by atoms with van der Waals surface area (Å²) in [5, 5.41) is 0. The molecule has 0 aromatic carbocycles. The average Bonchev–Trinajstić information content (AvgIpc) is 3.09. The van der Waals surface area contributed by atoms with E-state index in [1.54, 1.807) is 6.20 Å². The SMILES string of the molecule is COC(=O)c1cncc(CC2CCN(C(=O)C3CCOCC3)C2)c1. The molecular weight excluding hydrogens is 308 g/mol. The van der Waals surface area contributed by atoms with Gasteiger partial charge < -0.3 is 14.4 Å². The Morgan fingerprint density at radius 2 is 2.08 bits per heavy atom. The number of methoxy groups -OCH3 is 1. The van der Waals surface area contributed by atoms with E-state index >= 15 is 0 Å². The first kappa shape index (κ1) is 16.9. The predicted molar refractivity (Wildman–Crippen MR) is 87.5 cm³/mol. The first-order chi connectivity index (χ1) is 11.7. The predicted octanol–water partition coefficient (Wildman–Crippen LogP) is 1.69. The highest BCUT2D eigenvalue weighted by Crippen LogP contribution is 2.25. The molecule has 0 spiro atoms. The fourth-order valence-corrected chi connectivity index (χ4v) is 3.56. The molecule has 0 N–H and O–H groups in total. The van der Waals surface area contributed by atoms with Crippen LogP contribution in [0.15, 0.2) is 18.5 Å². The Balaban J connectivity index is 1.56. The lowest BCUT2D eigenvalue weighted by Crippen LogP contribution is -2.37. The summed E-state index contributed by atoms with van der Waals surface area (Å²) in [5.41, 5.74) is 1.49. The zero-order chi connectivity index (χ0) is 16.9. The highest BCUT2D eigenvalue weighted by Gasteiger charge is 2.31. The van der Waals surface area contributed by atoms with Crippen molar-refractivity contribution in [1.29, 1.82) is 0 Å². The Morgan fingerprint density at radius 1 is 1.29 bits per heavy atom. The van der Waals surface area contributed by atoms with Gasteiger partial charge in [0.2, 0.25) is 5.91 Å². The molecule has 2 saturated heterocycles. The van der Waals surface area contributed by atoms with Crippen LogP contribution in [-0.2, 0) is 20.7 Å². The van der Waals surface area contributed by atoms with E-state index in [1.165, 1.54) is 13.3 Å². The van der Waals surface area contributed by atoms with Crippen molar-refractivity contribution in [2.45, 2.75) is 25.7 Å². The van der Waals surface area contributed by atoms with Gasteiger partial charge in [-0.3, -0.25) is 9.78 Å². The van der Waals surface area contributed by atoms with E-state index in [1.807, 2.05) is 11.0 Å². The minimum absolute atomic E-state index is 0.127. The highest BCUT2D eigenvalue weighted by molar-refractivity contribution is 5.89. The van der Waals surface area contributed by atoms with Crippen LogP contribution in [-0.4, -0.2) is 55.2 Å². The van der Waals surface area contributed by atoms with Gasteiger partial charge in [0, 0.05) is 44.6 Å². The lowest BCUT2D eigenvalue weighted by atomic mass is 9.98. The van der Waals surface area contributed by atoms with Crippen LogP contribution in [0.2, 0.25) is 0 Å². The first-order valence-electron chi connectivity index (χ1n) is 8.56. The average molecular weight is 332 g/mol. The zero-order valence-electron chi connectivity index (χ0n) is 14.1. The second-order valence-corrected chi connectivity index (χ2v) is 6.60. The number of rotatable bonds is 4. The number of amides is 1. The molecule has 2 aliphatic rings. The first-order valence-corrected chi connectivity index (χ1v) is 8.56. The normalized spacial score (nSPS) is 21.7. The van der Waals surface area contributed by atoms with Gasteiger partial charge in [-0.2, -0.15) is 0 Å². The van der Waals surface area contributed by atoms with Crippen LogP contribution in [0.3, 0.4) is 0 Å². The third-order valence-corrected chi connectivity index (χ3v) is 4.91. The van der Waals surface area contributed by atoms with Crippen molar-refractivity contribution in [2.75, 3.05) is 33.4 Å². The molecule has 1 aromatic heterocycles. The molecule has 0 radical (unpaired) electrons. The van der Waals surface area contributed by atoms with Gasteiger partial charge in [0.1, 0.15) is 0 Å². The van der Waals surface area contributed by atoms with Gasteiger partial charge in [-0.05, 0) is 43.2 Å². The zero-order valence-corrected chi connectivity index (χ0v) is 14.1. The highest BCUT2D eigenvalue weighted by atomic mass is 16.5. The fourth-order valence-electron chi connectivity index (χ4n) is 3.56. The minimum atomic E-state index is -0.368. The quantitative estimate of drug-likeness (QED) is 0.785. The number of esters is 1. The summed E-state index contributed by atoms with van der Waals surface area (Å²) < 4.78 is 10.1. The van der Waals surface area contributed by atoms with E-state index in [-0.39, 0.29) is 17.8 Å². The smallest absolute Gasteiger partial charge is 0.339 e. The molecule has 3 heterocycles. The van der Waals surface area contributed by atoms with E-state index in [4.69, 9.17) is 9.47 Å². The Morgan fingerprint density at radius 3 is 2.83 bits per heavy atom. The van der Waals surface area contributed by atoms with Crippen LogP contribution in [0.25, 0.3) is 0 Å². The molecule has 2 aliphatic heterocycles. The molecule has 3 rings (SSSR count). The van der Waals surface area contributed by atoms with Gasteiger partial charge in [0.05, 0.1) is 12.7 Å². The van der Waals surface area contributed by atoms with Crippen molar-refractivity contribution >= 4 is 11.9 Å². The topological polar surface area (TPSA) is 68.7 Å². The van der Waals surface area contributed by atoms with Crippen LogP contribution >= 0.6 is 0 Å². The number of aromatic nitrogens is 1. The number of carbonyl (C=O) groups is 2. The van der Waals surface area contributed by atoms with Crippen molar-refractivity contribution in [2.24, 2.45) is 11.8 Å². The van der Waals surface area contributed by atoms with Crippen LogP contribution in [0, 0.1) is 11.8 Å². The van der Waals surface area contributed by atoms with E-state index in [0.717, 1.165) is 44.3 Å². The van der Waals surface area contributed by atoms with Crippen molar-refractivity contribution in [1.82, 2.24) is 9.88 Å². The van der Waals surface area contributed by atoms with E-state index in [2.05, 4.69) is 4.98 Å². The summed E-state index contributed by atoms with van der Waals surface area (Å²) in [5.74, 6) is 0.458. The van der Waals surface area contributed by atoms with Gasteiger partial charge in [-0.1, -0.05) is 0 Å². The van der Waals surface area contributed by atoms with Gasteiger partial charge in [0.15, 0.2) is 0 Å². The molecule has 0 bridgehead atoms. The standard InChI is InChI=1S/C18H24N2O4/c1-23-18(22)16-9-14(10-19-11-16)8-13-2-5-20(12-13)17(21)15-3-6-24-7-4-15/h9-11,13,15H,2-8,12H2,1H3. The monoisotopic (exact) mass is 332 g/mol. The largest absolute Gasteiger partial charge is 0.465 e. The maximum Gasteiger partial charge on any atom is 0.339 e. The van der Waals surface area contributed by atoms with E-state index < -0.39 is 0 Å². The molecule has 1 unspecified atom stereocenters. The molecule has 6 heteroatoms. The van der Waals surface area contributed by atoms with Crippen LogP contribution in [0.1, 0.15) is 35.2 Å². The van der Waals surface area contributed by atoms with Crippen LogP contribution < -0.4 is 0 Å². The summed E-state index contributed by atoms with van der Waals surface area (Å²) in [6.45, 7) is 3.00. The Kier molecular flexibility index (Phi) is 5.45. The summed E-state index contributed by atoms with van der Waals surface area (Å²) in [6.07, 6.45) is 6.81. The maximum atomic E-state index is 12.6. The molecule has 1 atom stereocenters. The second kappa shape index (κ2) is 7.75. The second-order valence-electron chi connectivity index (χ2n) is 6.60. The molecule has 0 aliphatic carbocycles. The third kappa shape index (κ3) is 3.93. The Hall–Kier alpha value is -1.95. The molecule has 1 aromatic rings. The lowest BCUT2D eigenvalue weighted by molar-refractivity contribution is -0.137. The summed E-state index contributed by atoms with van der Waals surface area (Å²) in [7, 11) is 1.37. The summed E-state index contributed by atoms with van der Waals surface area (Å²) >= 11 is 0. The number of carbonyl (C=O) groups excluding carboxylic acids is 2. The molecule has 1 amide bonds. The van der Waals surface area contributed by atoms with Gasteiger partial charge in [-0.15, -0.1) is 0 Å². The van der Waals surface area contributed by atoms with Crippen molar-refractivity contribution in [3.63, 3.8) is 0 Å². The van der Waals surface area contributed by atoms with Crippen LogP contribution in [0.4, 0.5) is 0 Å². The van der Waals surface area contributed by atoms with Crippen LogP contribution in [0.5, 0.6) is 0 Å². The number of ether oxygens (including phenoxy) is 2. The van der Waals surface area contributed by atoms with Gasteiger partial charge in [0.25, 0.3) is 0 Å². The molecule has 2 fully saturated rings. The summed E-state index contributed by atoms with van der Waals surface area (Å²) in [4.78, 5) is 30.3. The van der Waals surface area contributed by atoms with Gasteiger partial charge in [-0.25, -0.2) is 4.79 Å². The number of hydrogen-bond acceptors (Lipinski definition) is 5. The Bertz CT molecular complexity index is 598. The van der Waals surface area contributed by atoms with E-state index in [0.29, 0.717) is 24.7 Å². The Labute approximate surface area is 142 Å². The van der Waals surface area contributed by atoms with Crippen molar-refractivity contribution < 1.29 is 19.1 Å². The molecule has 24 heavy (non-hydrogen) atoms. The molecule has 6 nitrogen and oxygen atoms in total. The van der Waals surface area contributed by atoms with Crippen molar-refractivity contribution in [3.8, 4) is 0 Å². The van der Waals surface area contributed by atoms with Crippen molar-refractivity contribution in [3.05, 3.63) is 29.6 Å². The third-order valence-electron chi connectivity index (χ3n) is 4.91. The maximum absolute atomic E-state index is 12.6. The number of hydrogen-bond donors (Lipinski definition) is 0. The molecule has 130 valence electrons. The number of nitrogens with zero attached hydrogens (tertiary/aromatic N) is 2. The fraction of sp³-hybridized carbons (Fsp3) is 0.611. The number of pyridine rings is 1. The van der Waals surface area contributed by atoms with Gasteiger partial charge >= 0.3 is 5.97 Å². The number of likely N-dealkylation sites (tertiary alicyclic amines) is 1. The summed E-state index contributed by atoms with van der Waals surface area (Å²) in [6, 6.07) is 1.84. The lowest BCUT2D eigenvalue weighted by Gasteiger charge is -2.26. The minimum Gasteiger partial charge on any atom is -0.465 e. The van der Waals surface area contributed by atoms with E-state index in [9.17, 15) is 9.59 Å². The molecule has 0 saturated carbocycles. The molecular formula is C18H24N2O4.